The van der Waals surface area contributed by atoms with Gasteiger partial charge in [-0.2, -0.15) is 0 Å². The van der Waals surface area contributed by atoms with Crippen molar-refractivity contribution < 1.29 is 9.50 Å². The van der Waals surface area contributed by atoms with Crippen molar-refractivity contribution >= 4 is 11.6 Å². The van der Waals surface area contributed by atoms with Gasteiger partial charge in [-0.05, 0) is 30.9 Å². The minimum absolute atomic E-state index is 0.0513. The number of hydrogen-bond acceptors (Lipinski definition) is 3. The summed E-state index contributed by atoms with van der Waals surface area (Å²) in [6.45, 7) is 3.58. The lowest BCUT2D eigenvalue weighted by atomic mass is 9.76. The lowest BCUT2D eigenvalue weighted by Crippen LogP contribution is -2.48. The highest BCUT2D eigenvalue weighted by Crippen LogP contribution is 2.46. The Morgan fingerprint density at radius 3 is 2.60 bits per heavy atom. The van der Waals surface area contributed by atoms with Crippen LogP contribution < -0.4 is 5.32 Å². The van der Waals surface area contributed by atoms with E-state index in [2.05, 4.69) is 10.2 Å². The van der Waals surface area contributed by atoms with Crippen LogP contribution in [0.15, 0.2) is 12.1 Å². The molecule has 1 atom stereocenters. The molecule has 5 heteroatoms. The predicted molar refractivity (Wildman–Crippen MR) is 77.6 cm³/mol. The molecule has 3 rings (SSSR count). The van der Waals surface area contributed by atoms with Gasteiger partial charge >= 0.3 is 0 Å². The number of nitrogens with zero attached hydrogens (tertiary/aromatic N) is 1. The molecule has 2 N–H and O–H groups in total. The summed E-state index contributed by atoms with van der Waals surface area (Å²) in [5.41, 5.74) is 0.393. The van der Waals surface area contributed by atoms with Crippen molar-refractivity contribution in [3.8, 4) is 5.75 Å². The van der Waals surface area contributed by atoms with E-state index in [9.17, 15) is 9.50 Å². The SMILES string of the molecule is Oc1c(Cl)ccc(F)c1[C@@H](C1CCC1)N1CCNCC1. The molecular formula is C15H20ClFN2O. The van der Waals surface area contributed by atoms with Gasteiger partial charge < -0.3 is 10.4 Å². The zero-order chi connectivity index (χ0) is 14.1. The smallest absolute Gasteiger partial charge is 0.141 e. The lowest BCUT2D eigenvalue weighted by molar-refractivity contribution is 0.0793. The van der Waals surface area contributed by atoms with E-state index < -0.39 is 0 Å². The average Bonchev–Trinajstić information content (AvgIpc) is 2.41. The summed E-state index contributed by atoms with van der Waals surface area (Å²) in [7, 11) is 0. The third-order valence-electron chi connectivity index (χ3n) is 4.55. The summed E-state index contributed by atoms with van der Waals surface area (Å²) in [6.07, 6.45) is 3.39. The van der Waals surface area contributed by atoms with Gasteiger partial charge in [0.2, 0.25) is 0 Å². The highest BCUT2D eigenvalue weighted by Gasteiger charge is 2.37. The second-order valence-corrected chi connectivity index (χ2v) is 6.12. The maximum absolute atomic E-state index is 14.3. The van der Waals surface area contributed by atoms with E-state index in [0.29, 0.717) is 11.5 Å². The minimum Gasteiger partial charge on any atom is -0.506 e. The second kappa shape index (κ2) is 5.88. The Morgan fingerprint density at radius 2 is 2.00 bits per heavy atom. The van der Waals surface area contributed by atoms with Gasteiger partial charge in [-0.25, -0.2) is 4.39 Å². The molecule has 0 unspecified atom stereocenters. The summed E-state index contributed by atoms with van der Waals surface area (Å²) in [4.78, 5) is 2.29. The molecule has 0 radical (unpaired) electrons. The van der Waals surface area contributed by atoms with Crippen LogP contribution in [0.1, 0.15) is 30.9 Å². The third-order valence-corrected chi connectivity index (χ3v) is 4.86. The molecule has 2 aliphatic rings. The zero-order valence-electron chi connectivity index (χ0n) is 11.4. The van der Waals surface area contributed by atoms with Gasteiger partial charge in [0.1, 0.15) is 11.6 Å². The maximum Gasteiger partial charge on any atom is 0.141 e. The van der Waals surface area contributed by atoms with E-state index in [0.717, 1.165) is 39.0 Å². The average molecular weight is 299 g/mol. The van der Waals surface area contributed by atoms with Crippen LogP contribution in [0, 0.1) is 11.7 Å². The molecule has 1 aromatic rings. The number of phenolic OH excluding ortho intramolecular Hbond substituents is 1. The molecule has 3 nitrogen and oxygen atoms in total. The molecule has 0 spiro atoms. The van der Waals surface area contributed by atoms with E-state index in [1.54, 1.807) is 0 Å². The molecule has 1 saturated carbocycles. The molecular weight excluding hydrogens is 279 g/mol. The number of hydrogen-bond donors (Lipinski definition) is 2. The summed E-state index contributed by atoms with van der Waals surface area (Å²) in [6, 6.07) is 2.74. The monoisotopic (exact) mass is 298 g/mol. The summed E-state index contributed by atoms with van der Waals surface area (Å²) in [5.74, 6) is -0.00333. The molecule has 1 saturated heterocycles. The van der Waals surface area contributed by atoms with Crippen molar-refractivity contribution in [1.29, 1.82) is 0 Å². The number of benzene rings is 1. The number of aromatic hydroxyl groups is 1. The van der Waals surface area contributed by atoms with Crippen molar-refractivity contribution in [2.24, 2.45) is 5.92 Å². The summed E-state index contributed by atoms with van der Waals surface area (Å²) in [5, 5.41) is 13.8. The molecule has 2 fully saturated rings. The quantitative estimate of drug-likeness (QED) is 0.900. The number of phenols is 1. The number of halogens is 2. The zero-order valence-corrected chi connectivity index (χ0v) is 12.2. The number of nitrogens with one attached hydrogen (secondary N) is 1. The second-order valence-electron chi connectivity index (χ2n) is 5.71. The fourth-order valence-corrected chi connectivity index (χ4v) is 3.44. The number of piperazine rings is 1. The molecule has 1 heterocycles. The minimum atomic E-state index is -0.345. The van der Waals surface area contributed by atoms with Crippen LogP contribution in [0.4, 0.5) is 4.39 Å². The third kappa shape index (κ3) is 2.52. The van der Waals surface area contributed by atoms with Gasteiger partial charge in [0, 0.05) is 37.8 Å². The lowest BCUT2D eigenvalue weighted by Gasteiger charge is -2.43. The van der Waals surface area contributed by atoms with Gasteiger partial charge in [0.05, 0.1) is 5.02 Å². The molecule has 0 bridgehead atoms. The Hall–Kier alpha value is -0.840. The van der Waals surface area contributed by atoms with Crippen molar-refractivity contribution in [3.63, 3.8) is 0 Å². The largest absolute Gasteiger partial charge is 0.506 e. The Kier molecular flexibility index (Phi) is 4.15. The molecule has 0 aromatic heterocycles. The maximum atomic E-state index is 14.3. The van der Waals surface area contributed by atoms with Crippen molar-refractivity contribution in [2.45, 2.75) is 25.3 Å². The fraction of sp³-hybridized carbons (Fsp3) is 0.600. The normalized spacial score (nSPS) is 22.5. The van der Waals surface area contributed by atoms with Crippen molar-refractivity contribution in [2.75, 3.05) is 26.2 Å². The van der Waals surface area contributed by atoms with E-state index >= 15 is 0 Å². The summed E-state index contributed by atoms with van der Waals surface area (Å²) >= 11 is 5.99. The fourth-order valence-electron chi connectivity index (χ4n) is 3.27. The Morgan fingerprint density at radius 1 is 1.30 bits per heavy atom. The van der Waals surface area contributed by atoms with Crippen molar-refractivity contribution in [3.05, 3.63) is 28.5 Å². The topological polar surface area (TPSA) is 35.5 Å². The molecule has 1 aromatic carbocycles. The standard InChI is InChI=1S/C15H20ClFN2O/c16-11-4-5-12(17)13(15(11)20)14(10-2-1-3-10)19-8-6-18-7-9-19/h4-5,10,14,18,20H,1-3,6-9H2/t14-/m1/s1. The first kappa shape index (κ1) is 14.1. The van der Waals surface area contributed by atoms with Crippen LogP contribution in [0.2, 0.25) is 5.02 Å². The molecule has 20 heavy (non-hydrogen) atoms. The van der Waals surface area contributed by atoms with Crippen LogP contribution in [0.3, 0.4) is 0 Å². The number of rotatable bonds is 3. The van der Waals surface area contributed by atoms with Crippen LogP contribution in [-0.4, -0.2) is 36.2 Å². The first-order valence-electron chi connectivity index (χ1n) is 7.30. The Bertz CT molecular complexity index is 487. The van der Waals surface area contributed by atoms with E-state index in [4.69, 9.17) is 11.6 Å². The van der Waals surface area contributed by atoms with E-state index in [1.165, 1.54) is 18.6 Å². The first-order chi connectivity index (χ1) is 9.68. The summed E-state index contributed by atoms with van der Waals surface area (Å²) < 4.78 is 14.3. The first-order valence-corrected chi connectivity index (χ1v) is 7.68. The molecule has 110 valence electrons. The van der Waals surface area contributed by atoms with E-state index in [-0.39, 0.29) is 22.6 Å². The highest BCUT2D eigenvalue weighted by molar-refractivity contribution is 6.32. The predicted octanol–water partition coefficient (Wildman–Crippen LogP) is 2.93. The molecule has 0 amide bonds. The van der Waals surface area contributed by atoms with Gasteiger partial charge in [-0.1, -0.05) is 18.0 Å². The van der Waals surface area contributed by atoms with Gasteiger partial charge in [-0.3, -0.25) is 4.90 Å². The van der Waals surface area contributed by atoms with E-state index in [1.807, 2.05) is 0 Å². The Labute approximate surface area is 123 Å². The molecule has 1 aliphatic carbocycles. The molecule has 1 aliphatic heterocycles. The van der Waals surface area contributed by atoms with Crippen LogP contribution in [0.5, 0.6) is 5.75 Å². The van der Waals surface area contributed by atoms with Crippen LogP contribution >= 0.6 is 11.6 Å². The Balaban J connectivity index is 1.98. The van der Waals surface area contributed by atoms with Gasteiger partial charge in [0.25, 0.3) is 0 Å². The van der Waals surface area contributed by atoms with Crippen molar-refractivity contribution in [1.82, 2.24) is 10.2 Å². The van der Waals surface area contributed by atoms with Gasteiger partial charge in [-0.15, -0.1) is 0 Å². The van der Waals surface area contributed by atoms with Gasteiger partial charge in [0.15, 0.2) is 0 Å². The van der Waals surface area contributed by atoms with Crippen LogP contribution in [-0.2, 0) is 0 Å². The van der Waals surface area contributed by atoms with Crippen LogP contribution in [0.25, 0.3) is 0 Å². The highest BCUT2D eigenvalue weighted by atomic mass is 35.5.